The molecule has 7 heteroatoms. The van der Waals surface area contributed by atoms with Gasteiger partial charge in [-0.1, -0.05) is 6.08 Å². The number of rotatable bonds is 5. The molecule has 0 N–H and O–H groups in total. The van der Waals surface area contributed by atoms with Gasteiger partial charge in [0.2, 0.25) is 0 Å². The summed E-state index contributed by atoms with van der Waals surface area (Å²) < 4.78 is 26.6. The van der Waals surface area contributed by atoms with Crippen molar-refractivity contribution in [2.45, 2.75) is 32.7 Å². The molecular formula is C18H21F2N3O2. The predicted molar refractivity (Wildman–Crippen MR) is 91.3 cm³/mol. The quantitative estimate of drug-likeness (QED) is 0.606. The summed E-state index contributed by atoms with van der Waals surface area (Å²) in [4.78, 5) is 31.8. The fourth-order valence-electron chi connectivity index (χ4n) is 2.83. The fraction of sp³-hybridized carbons (Fsp3) is 0.389. The second kappa shape index (κ2) is 7.13. The Morgan fingerprint density at radius 3 is 2.32 bits per heavy atom. The predicted octanol–water partition coefficient (Wildman–Crippen LogP) is 3.15. The average molecular weight is 349 g/mol. The summed E-state index contributed by atoms with van der Waals surface area (Å²) in [6, 6.07) is 2.76. The van der Waals surface area contributed by atoms with E-state index in [1.807, 2.05) is 0 Å². The molecule has 1 heterocycles. The lowest BCUT2D eigenvalue weighted by atomic mass is 10.0. The molecule has 5 nitrogen and oxygen atoms in total. The number of nitrogens with zero attached hydrogens (tertiary/aromatic N) is 3. The third kappa shape index (κ3) is 3.60. The normalized spacial score (nSPS) is 17.9. The van der Waals surface area contributed by atoms with E-state index < -0.39 is 23.2 Å². The van der Waals surface area contributed by atoms with Gasteiger partial charge in [0.1, 0.15) is 17.2 Å². The maximum absolute atomic E-state index is 13.3. The van der Waals surface area contributed by atoms with Crippen molar-refractivity contribution in [3.05, 3.63) is 47.2 Å². The minimum Gasteiger partial charge on any atom is -0.309 e. The summed E-state index contributed by atoms with van der Waals surface area (Å²) in [5, 5.41) is 0. The number of allylic oxidation sites excluding steroid dienone is 2. The molecule has 3 amide bonds. The zero-order chi connectivity index (χ0) is 18.8. The Hall–Kier alpha value is -2.57. The summed E-state index contributed by atoms with van der Waals surface area (Å²) in [5.74, 6) is -1.71. The summed E-state index contributed by atoms with van der Waals surface area (Å²) in [7, 11) is 1.55. The first-order valence-corrected chi connectivity index (χ1v) is 7.92. The standard InChI is InChI=1S/C18H21F2N3O2/c1-5-15(11-21-4)23-16(24)18(2,3)22(17(23)25)7-6-12-8-13(19)10-14(20)9-12/h5,8-11H,6-7H2,1-4H3. The highest BCUT2D eigenvalue weighted by Crippen LogP contribution is 2.30. The molecule has 1 aromatic rings. The van der Waals surface area contributed by atoms with E-state index in [4.69, 9.17) is 0 Å². The smallest absolute Gasteiger partial charge is 0.309 e. The molecule has 1 aliphatic heterocycles. The van der Waals surface area contributed by atoms with Crippen LogP contribution in [0.2, 0.25) is 0 Å². The summed E-state index contributed by atoms with van der Waals surface area (Å²) >= 11 is 0. The van der Waals surface area contributed by atoms with E-state index in [-0.39, 0.29) is 18.9 Å². The number of urea groups is 1. The van der Waals surface area contributed by atoms with Crippen LogP contribution in [0.1, 0.15) is 26.3 Å². The van der Waals surface area contributed by atoms with Crippen molar-refractivity contribution in [1.82, 2.24) is 9.80 Å². The number of imide groups is 1. The summed E-state index contributed by atoms with van der Waals surface area (Å²) in [6.07, 6.45) is 3.31. The molecule has 0 saturated carbocycles. The molecule has 0 aromatic heterocycles. The molecule has 25 heavy (non-hydrogen) atoms. The second-order valence-electron chi connectivity index (χ2n) is 6.26. The fourth-order valence-corrected chi connectivity index (χ4v) is 2.83. The van der Waals surface area contributed by atoms with Crippen LogP contribution in [-0.4, -0.2) is 47.1 Å². The molecule has 0 spiro atoms. The van der Waals surface area contributed by atoms with Gasteiger partial charge in [0.15, 0.2) is 0 Å². The van der Waals surface area contributed by atoms with Crippen LogP contribution in [0.15, 0.2) is 35.0 Å². The van der Waals surface area contributed by atoms with E-state index in [0.717, 1.165) is 11.0 Å². The van der Waals surface area contributed by atoms with Crippen LogP contribution < -0.4 is 0 Å². The van der Waals surface area contributed by atoms with Crippen LogP contribution >= 0.6 is 0 Å². The van der Waals surface area contributed by atoms with Gasteiger partial charge in [0.05, 0.1) is 5.70 Å². The van der Waals surface area contributed by atoms with Gasteiger partial charge >= 0.3 is 6.03 Å². The Morgan fingerprint density at radius 1 is 1.20 bits per heavy atom. The van der Waals surface area contributed by atoms with Crippen LogP contribution in [0.5, 0.6) is 0 Å². The largest absolute Gasteiger partial charge is 0.332 e. The molecule has 1 aromatic carbocycles. The average Bonchev–Trinajstić information content (AvgIpc) is 2.68. The molecule has 0 radical (unpaired) electrons. The van der Waals surface area contributed by atoms with E-state index in [9.17, 15) is 18.4 Å². The van der Waals surface area contributed by atoms with Crippen molar-refractivity contribution in [3.63, 3.8) is 0 Å². The lowest BCUT2D eigenvalue weighted by Gasteiger charge is -2.27. The molecule has 0 bridgehead atoms. The molecular weight excluding hydrogens is 328 g/mol. The topological polar surface area (TPSA) is 53.0 Å². The van der Waals surface area contributed by atoms with E-state index in [0.29, 0.717) is 11.3 Å². The Balaban J connectivity index is 2.25. The van der Waals surface area contributed by atoms with Crippen LogP contribution in [0.4, 0.5) is 13.6 Å². The Bertz CT molecular complexity index is 736. The first-order chi connectivity index (χ1) is 11.7. The summed E-state index contributed by atoms with van der Waals surface area (Å²) in [6.45, 7) is 5.17. The maximum atomic E-state index is 13.3. The van der Waals surface area contributed by atoms with Crippen molar-refractivity contribution in [2.24, 2.45) is 4.99 Å². The van der Waals surface area contributed by atoms with Crippen molar-refractivity contribution < 1.29 is 18.4 Å². The molecule has 134 valence electrons. The monoisotopic (exact) mass is 349 g/mol. The number of aliphatic imine (C=N–C) groups is 1. The highest BCUT2D eigenvalue weighted by molar-refractivity contribution is 6.11. The molecule has 1 fully saturated rings. The third-order valence-electron chi connectivity index (χ3n) is 4.19. The first-order valence-electron chi connectivity index (χ1n) is 7.92. The van der Waals surface area contributed by atoms with E-state index in [2.05, 4.69) is 4.99 Å². The highest BCUT2D eigenvalue weighted by Gasteiger charge is 2.51. The molecule has 1 saturated heterocycles. The number of hydrogen-bond acceptors (Lipinski definition) is 3. The van der Waals surface area contributed by atoms with Crippen LogP contribution in [0.3, 0.4) is 0 Å². The van der Waals surface area contributed by atoms with Crippen molar-refractivity contribution in [1.29, 1.82) is 0 Å². The second-order valence-corrected chi connectivity index (χ2v) is 6.26. The van der Waals surface area contributed by atoms with Gasteiger partial charge in [-0.3, -0.25) is 9.79 Å². The Morgan fingerprint density at radius 2 is 1.80 bits per heavy atom. The minimum absolute atomic E-state index is 0.164. The third-order valence-corrected chi connectivity index (χ3v) is 4.19. The highest BCUT2D eigenvalue weighted by atomic mass is 19.1. The zero-order valence-electron chi connectivity index (χ0n) is 14.7. The lowest BCUT2D eigenvalue weighted by molar-refractivity contribution is -0.130. The summed E-state index contributed by atoms with van der Waals surface area (Å²) in [5.41, 5.74) is -0.239. The Labute approximate surface area is 145 Å². The minimum atomic E-state index is -1.06. The van der Waals surface area contributed by atoms with E-state index in [1.165, 1.54) is 23.2 Å². The first kappa shape index (κ1) is 18.8. The number of amides is 3. The van der Waals surface area contributed by atoms with Crippen LogP contribution in [-0.2, 0) is 11.2 Å². The van der Waals surface area contributed by atoms with Crippen molar-refractivity contribution >= 4 is 18.2 Å². The van der Waals surface area contributed by atoms with Gasteiger partial charge in [0, 0.05) is 25.9 Å². The Kier molecular flexibility index (Phi) is 5.35. The van der Waals surface area contributed by atoms with Crippen molar-refractivity contribution in [3.8, 4) is 0 Å². The number of halogens is 2. The maximum Gasteiger partial charge on any atom is 0.332 e. The van der Waals surface area contributed by atoms with Gasteiger partial charge in [-0.15, -0.1) is 0 Å². The molecule has 2 rings (SSSR count). The van der Waals surface area contributed by atoms with Gasteiger partial charge in [-0.05, 0) is 44.9 Å². The van der Waals surface area contributed by atoms with Gasteiger partial charge in [-0.2, -0.15) is 0 Å². The van der Waals surface area contributed by atoms with E-state index in [1.54, 1.807) is 33.9 Å². The van der Waals surface area contributed by atoms with Crippen LogP contribution in [0.25, 0.3) is 0 Å². The zero-order valence-corrected chi connectivity index (χ0v) is 14.7. The molecule has 0 atom stereocenters. The number of carbonyl (C=O) groups excluding carboxylic acids is 2. The molecule has 0 aliphatic carbocycles. The molecule has 0 unspecified atom stereocenters. The number of hydrogen-bond donors (Lipinski definition) is 0. The van der Waals surface area contributed by atoms with Gasteiger partial charge < -0.3 is 4.90 Å². The number of carbonyl (C=O) groups is 2. The SMILES string of the molecule is CC=C(C=NC)N1C(=O)N(CCc2cc(F)cc(F)c2)C(C)(C)C1=O. The lowest BCUT2D eigenvalue weighted by Crippen LogP contribution is -2.45. The van der Waals surface area contributed by atoms with Crippen molar-refractivity contribution in [2.75, 3.05) is 13.6 Å². The van der Waals surface area contributed by atoms with Gasteiger partial charge in [0.25, 0.3) is 5.91 Å². The van der Waals surface area contributed by atoms with Crippen LogP contribution in [0, 0.1) is 11.6 Å². The number of benzene rings is 1. The van der Waals surface area contributed by atoms with Gasteiger partial charge in [-0.25, -0.2) is 18.5 Å². The van der Waals surface area contributed by atoms with E-state index >= 15 is 0 Å². The molecule has 1 aliphatic rings.